The summed E-state index contributed by atoms with van der Waals surface area (Å²) in [5.74, 6) is 0.793. The van der Waals surface area contributed by atoms with Crippen LogP contribution in [0.25, 0.3) is 0 Å². The molecule has 1 atom stereocenters. The highest BCUT2D eigenvalue weighted by atomic mass is 79.9. The number of benzene rings is 1. The van der Waals surface area contributed by atoms with Crippen LogP contribution in [0.5, 0.6) is 0 Å². The first kappa shape index (κ1) is 11.8. The number of aryl methyl sites for hydroxylation is 1. The van der Waals surface area contributed by atoms with Crippen molar-refractivity contribution in [2.24, 2.45) is 5.92 Å². The summed E-state index contributed by atoms with van der Waals surface area (Å²) in [5.41, 5.74) is 2.84. The zero-order chi connectivity index (χ0) is 10.4. The minimum atomic E-state index is 0.793. The van der Waals surface area contributed by atoms with Crippen LogP contribution in [0.4, 0.5) is 0 Å². The number of hydrogen-bond acceptors (Lipinski definition) is 0. The van der Waals surface area contributed by atoms with Crippen LogP contribution < -0.4 is 0 Å². The fourth-order valence-corrected chi connectivity index (χ4v) is 2.37. The molecule has 0 saturated carbocycles. The molecule has 0 amide bonds. The maximum Gasteiger partial charge on any atom is 0.00628 e. The molecule has 0 aliphatic carbocycles. The third-order valence-corrected chi connectivity index (χ3v) is 3.44. The van der Waals surface area contributed by atoms with Gasteiger partial charge in [-0.3, -0.25) is 0 Å². The summed E-state index contributed by atoms with van der Waals surface area (Å²) in [6.45, 7) is 4.42. The van der Waals surface area contributed by atoms with Gasteiger partial charge in [-0.1, -0.05) is 59.1 Å². The summed E-state index contributed by atoms with van der Waals surface area (Å²) in [6.07, 6.45) is 3.81. The van der Waals surface area contributed by atoms with Crippen LogP contribution in [0.1, 0.15) is 30.9 Å². The van der Waals surface area contributed by atoms with Crippen molar-refractivity contribution in [3.63, 3.8) is 0 Å². The Labute approximate surface area is 95.9 Å². The Balaban J connectivity index is 2.57. The standard InChI is InChI=1S/C13H19Br/c1-3-5-13(10-14)9-12-7-4-6-11(2)8-12/h4,6-8,13H,3,5,9-10H2,1-2H3. The van der Waals surface area contributed by atoms with Gasteiger partial charge in [-0.05, 0) is 31.2 Å². The van der Waals surface area contributed by atoms with Crippen molar-refractivity contribution in [1.82, 2.24) is 0 Å². The topological polar surface area (TPSA) is 0 Å². The van der Waals surface area contributed by atoms with Crippen LogP contribution in [-0.2, 0) is 6.42 Å². The number of hydrogen-bond donors (Lipinski definition) is 0. The summed E-state index contributed by atoms with van der Waals surface area (Å²) >= 11 is 3.59. The summed E-state index contributed by atoms with van der Waals surface area (Å²) in [6, 6.07) is 8.85. The van der Waals surface area contributed by atoms with Crippen LogP contribution in [-0.4, -0.2) is 5.33 Å². The van der Waals surface area contributed by atoms with Gasteiger partial charge < -0.3 is 0 Å². The first-order chi connectivity index (χ1) is 6.76. The molecule has 1 aromatic carbocycles. The number of alkyl halides is 1. The van der Waals surface area contributed by atoms with Crippen molar-refractivity contribution in [2.75, 3.05) is 5.33 Å². The second-order valence-corrected chi connectivity index (χ2v) is 4.65. The van der Waals surface area contributed by atoms with Crippen LogP contribution >= 0.6 is 15.9 Å². The molecule has 1 heteroatoms. The van der Waals surface area contributed by atoms with Gasteiger partial charge in [0.05, 0.1) is 0 Å². The van der Waals surface area contributed by atoms with Gasteiger partial charge in [-0.2, -0.15) is 0 Å². The molecule has 0 bridgehead atoms. The highest BCUT2D eigenvalue weighted by molar-refractivity contribution is 9.09. The Kier molecular flexibility index (Phi) is 5.24. The lowest BCUT2D eigenvalue weighted by Gasteiger charge is -2.12. The molecule has 14 heavy (non-hydrogen) atoms. The lowest BCUT2D eigenvalue weighted by Crippen LogP contribution is -2.05. The second kappa shape index (κ2) is 6.23. The monoisotopic (exact) mass is 254 g/mol. The zero-order valence-corrected chi connectivity index (χ0v) is 10.7. The summed E-state index contributed by atoms with van der Waals surface area (Å²) in [7, 11) is 0. The second-order valence-electron chi connectivity index (χ2n) is 4.00. The van der Waals surface area contributed by atoms with E-state index in [1.54, 1.807) is 0 Å². The minimum Gasteiger partial charge on any atom is -0.0925 e. The van der Waals surface area contributed by atoms with Gasteiger partial charge in [-0.25, -0.2) is 0 Å². The van der Waals surface area contributed by atoms with Gasteiger partial charge in [0.1, 0.15) is 0 Å². The van der Waals surface area contributed by atoms with Crippen LogP contribution in [0, 0.1) is 12.8 Å². The zero-order valence-electron chi connectivity index (χ0n) is 9.09. The van der Waals surface area contributed by atoms with Crippen LogP contribution in [0.3, 0.4) is 0 Å². The molecule has 1 unspecified atom stereocenters. The predicted octanol–water partition coefficient (Wildman–Crippen LogP) is 4.35. The largest absolute Gasteiger partial charge is 0.0925 e. The molecule has 0 fully saturated rings. The average Bonchev–Trinajstić information content (AvgIpc) is 2.17. The Bertz CT molecular complexity index is 268. The van der Waals surface area contributed by atoms with E-state index >= 15 is 0 Å². The first-order valence-corrected chi connectivity index (χ1v) is 6.50. The molecule has 0 aliphatic rings. The van der Waals surface area contributed by atoms with Crippen LogP contribution in [0.2, 0.25) is 0 Å². The summed E-state index contributed by atoms with van der Waals surface area (Å²) in [4.78, 5) is 0. The van der Waals surface area contributed by atoms with Gasteiger partial charge in [0, 0.05) is 5.33 Å². The quantitative estimate of drug-likeness (QED) is 0.686. The van der Waals surface area contributed by atoms with Crippen molar-refractivity contribution in [3.8, 4) is 0 Å². The predicted molar refractivity (Wildman–Crippen MR) is 67.1 cm³/mol. The maximum atomic E-state index is 3.59. The Morgan fingerprint density at radius 3 is 2.71 bits per heavy atom. The summed E-state index contributed by atoms with van der Waals surface area (Å²) in [5, 5.41) is 1.12. The normalized spacial score (nSPS) is 12.8. The molecule has 1 rings (SSSR count). The van der Waals surface area contributed by atoms with Crippen molar-refractivity contribution in [1.29, 1.82) is 0 Å². The maximum absolute atomic E-state index is 3.59. The molecule has 0 saturated heterocycles. The minimum absolute atomic E-state index is 0.793. The lowest BCUT2D eigenvalue weighted by molar-refractivity contribution is 0.534. The van der Waals surface area contributed by atoms with E-state index in [0.717, 1.165) is 11.2 Å². The first-order valence-electron chi connectivity index (χ1n) is 5.37. The van der Waals surface area contributed by atoms with E-state index in [1.165, 1.54) is 30.4 Å². The molecule has 0 aromatic heterocycles. The highest BCUT2D eigenvalue weighted by Gasteiger charge is 2.06. The Hall–Kier alpha value is -0.300. The van der Waals surface area contributed by atoms with Gasteiger partial charge in [-0.15, -0.1) is 0 Å². The van der Waals surface area contributed by atoms with E-state index in [9.17, 15) is 0 Å². The smallest absolute Gasteiger partial charge is 0.00628 e. The molecular weight excluding hydrogens is 236 g/mol. The fraction of sp³-hybridized carbons (Fsp3) is 0.538. The van der Waals surface area contributed by atoms with Crippen molar-refractivity contribution in [3.05, 3.63) is 35.4 Å². The molecule has 0 N–H and O–H groups in total. The molecule has 0 heterocycles. The third-order valence-electron chi connectivity index (χ3n) is 2.52. The highest BCUT2D eigenvalue weighted by Crippen LogP contribution is 2.17. The van der Waals surface area contributed by atoms with Gasteiger partial charge >= 0.3 is 0 Å². The molecule has 0 radical (unpaired) electrons. The average molecular weight is 255 g/mol. The molecule has 0 aliphatic heterocycles. The molecule has 0 spiro atoms. The van der Waals surface area contributed by atoms with E-state index in [1.807, 2.05) is 0 Å². The van der Waals surface area contributed by atoms with E-state index in [0.29, 0.717) is 0 Å². The summed E-state index contributed by atoms with van der Waals surface area (Å²) < 4.78 is 0. The Morgan fingerprint density at radius 1 is 1.36 bits per heavy atom. The van der Waals surface area contributed by atoms with Gasteiger partial charge in [0.2, 0.25) is 0 Å². The molecular formula is C13H19Br. The van der Waals surface area contributed by atoms with Crippen molar-refractivity contribution in [2.45, 2.75) is 33.1 Å². The molecule has 0 nitrogen and oxygen atoms in total. The van der Waals surface area contributed by atoms with E-state index in [-0.39, 0.29) is 0 Å². The van der Waals surface area contributed by atoms with Crippen molar-refractivity contribution >= 4 is 15.9 Å². The van der Waals surface area contributed by atoms with Gasteiger partial charge in [0.25, 0.3) is 0 Å². The SMILES string of the molecule is CCCC(CBr)Cc1cccc(C)c1. The lowest BCUT2D eigenvalue weighted by atomic mass is 9.96. The van der Waals surface area contributed by atoms with Crippen LogP contribution in [0.15, 0.2) is 24.3 Å². The van der Waals surface area contributed by atoms with E-state index in [4.69, 9.17) is 0 Å². The molecule has 1 aromatic rings. The van der Waals surface area contributed by atoms with E-state index in [2.05, 4.69) is 54.0 Å². The number of rotatable bonds is 5. The van der Waals surface area contributed by atoms with E-state index < -0.39 is 0 Å². The number of halogens is 1. The fourth-order valence-electron chi connectivity index (χ4n) is 1.81. The van der Waals surface area contributed by atoms with Gasteiger partial charge in [0.15, 0.2) is 0 Å². The van der Waals surface area contributed by atoms with Crippen molar-refractivity contribution < 1.29 is 0 Å². The molecule has 78 valence electrons. The Morgan fingerprint density at radius 2 is 2.14 bits per heavy atom. The third kappa shape index (κ3) is 3.83.